The van der Waals surface area contributed by atoms with Gasteiger partial charge in [0.1, 0.15) is 0 Å². The number of hydrogen-bond acceptors (Lipinski definition) is 3. The van der Waals surface area contributed by atoms with Gasteiger partial charge in [-0.2, -0.15) is 79.0 Å². The second-order valence-corrected chi connectivity index (χ2v) is 5.14. The lowest BCUT2D eigenvalue weighted by molar-refractivity contribution is -0.543. The van der Waals surface area contributed by atoms with Crippen LogP contribution in [0.2, 0.25) is 0 Å². The second kappa shape index (κ2) is 6.33. The average molecular weight is 498 g/mol. The van der Waals surface area contributed by atoms with Crippen LogP contribution in [-0.2, 0) is 14.2 Å². The first-order valence-electron chi connectivity index (χ1n) is 6.13. The normalized spacial score (nSPS) is 37.8. The summed E-state index contributed by atoms with van der Waals surface area (Å²) >= 11 is 0. The van der Waals surface area contributed by atoms with Crippen molar-refractivity contribution in [2.45, 2.75) is 54.4 Å². The maximum atomic E-state index is 13.6. The van der Waals surface area contributed by atoms with Gasteiger partial charge in [-0.05, 0) is 0 Å². The van der Waals surface area contributed by atoms with Gasteiger partial charge in [0.2, 0.25) is 0 Å². The summed E-state index contributed by atoms with van der Waals surface area (Å²) in [6.07, 6.45) is -47.5. The molecule has 30 heavy (non-hydrogen) atoms. The third-order valence-electron chi connectivity index (χ3n) is 3.02. The lowest BCUT2D eigenvalue weighted by atomic mass is 10.2. The summed E-state index contributed by atoms with van der Waals surface area (Å²) < 4.78 is 237. The number of rotatable bonds is 0. The Bertz CT molecular complexity index is 573. The van der Waals surface area contributed by atoms with Crippen molar-refractivity contribution in [3.05, 3.63) is 0 Å². The monoisotopic (exact) mass is 498 g/mol. The molecule has 1 saturated heterocycles. The lowest BCUT2D eigenvalue weighted by Crippen LogP contribution is -2.66. The summed E-state index contributed by atoms with van der Waals surface area (Å²) in [4.78, 5) is 0. The maximum Gasteiger partial charge on any atom is 0.458 e. The van der Waals surface area contributed by atoms with Gasteiger partial charge < -0.3 is 0 Å². The van der Waals surface area contributed by atoms with Gasteiger partial charge in [-0.25, -0.2) is 0 Å². The third-order valence-corrected chi connectivity index (χ3v) is 3.02. The van der Waals surface area contributed by atoms with E-state index >= 15 is 0 Å². The molecule has 180 valence electrons. The van der Waals surface area contributed by atoms with Gasteiger partial charge in [-0.3, -0.25) is 14.2 Å². The van der Waals surface area contributed by atoms with E-state index < -0.39 is 54.4 Å². The summed E-state index contributed by atoms with van der Waals surface area (Å²) in [6, 6.07) is 0. The van der Waals surface area contributed by atoms with Gasteiger partial charge >= 0.3 is 54.4 Å². The molecule has 0 aromatic rings. The molecule has 3 atom stereocenters. The molecule has 0 spiro atoms. The van der Waals surface area contributed by atoms with Crippen molar-refractivity contribution >= 4 is 0 Å². The summed E-state index contributed by atoms with van der Waals surface area (Å²) in [5.74, 6) is -23.9. The van der Waals surface area contributed by atoms with Crippen molar-refractivity contribution < 1.29 is 93.2 Å². The minimum Gasteiger partial charge on any atom is -0.263 e. The predicted molar refractivity (Wildman–Crippen MR) is 47.8 cm³/mol. The van der Waals surface area contributed by atoms with E-state index in [1.807, 2.05) is 0 Å². The van der Waals surface area contributed by atoms with Gasteiger partial charge in [-0.15, -0.1) is 0 Å². The molecule has 0 bridgehead atoms. The van der Waals surface area contributed by atoms with E-state index in [-0.39, 0.29) is 0 Å². The van der Waals surface area contributed by atoms with Crippen LogP contribution in [0, 0.1) is 0 Å². The molecular weight excluding hydrogens is 498 g/mol. The van der Waals surface area contributed by atoms with E-state index in [4.69, 9.17) is 0 Å². The zero-order chi connectivity index (χ0) is 24.6. The fraction of sp³-hybridized carbons (Fsp3) is 1.00. The van der Waals surface area contributed by atoms with Crippen LogP contribution in [0.5, 0.6) is 0 Å². The van der Waals surface area contributed by atoms with Crippen molar-refractivity contribution in [2.75, 3.05) is 0 Å². The quantitative estimate of drug-likeness (QED) is 0.413. The number of hydrogen-bond donors (Lipinski definition) is 0. The van der Waals surface area contributed by atoms with Gasteiger partial charge in [0.15, 0.2) is 0 Å². The third kappa shape index (κ3) is 3.50. The Morgan fingerprint density at radius 1 is 0.333 bits per heavy atom. The van der Waals surface area contributed by atoms with Crippen LogP contribution in [0.3, 0.4) is 0 Å². The molecule has 0 amide bonds. The van der Waals surface area contributed by atoms with E-state index in [1.165, 1.54) is 14.2 Å². The fourth-order valence-corrected chi connectivity index (χ4v) is 1.57. The molecule has 0 unspecified atom stereocenters. The Kier molecular flexibility index (Phi) is 5.62. The molecule has 1 heterocycles. The highest BCUT2D eigenvalue weighted by Gasteiger charge is 2.91. The molecule has 1 aliphatic rings. The Hall–Kier alpha value is -1.38. The van der Waals surface area contributed by atoms with Crippen molar-refractivity contribution in [2.24, 2.45) is 0 Å². The van der Waals surface area contributed by atoms with Gasteiger partial charge in [0.05, 0.1) is 0 Å². The first-order valence-corrected chi connectivity index (χ1v) is 6.13. The van der Waals surface area contributed by atoms with E-state index in [1.54, 1.807) is 0 Å². The van der Waals surface area contributed by atoms with Crippen molar-refractivity contribution in [1.29, 1.82) is 0 Å². The minimum absolute atomic E-state index is 1.38. The topological polar surface area (TPSA) is 27.7 Å². The van der Waals surface area contributed by atoms with Crippen molar-refractivity contribution in [3.63, 3.8) is 0 Å². The highest BCUT2D eigenvalue weighted by Crippen LogP contribution is 2.62. The van der Waals surface area contributed by atoms with E-state index in [0.29, 0.717) is 0 Å². The van der Waals surface area contributed by atoms with Crippen LogP contribution < -0.4 is 0 Å². The number of alkyl halides is 18. The Morgan fingerprint density at radius 2 is 0.467 bits per heavy atom. The summed E-state index contributed by atoms with van der Waals surface area (Å²) in [7, 11) is 0. The molecule has 0 aromatic carbocycles. The zero-order valence-electron chi connectivity index (χ0n) is 12.5. The van der Waals surface area contributed by atoms with Gasteiger partial charge in [0, 0.05) is 0 Å². The summed E-state index contributed by atoms with van der Waals surface area (Å²) in [5.41, 5.74) is 0. The highest BCUT2D eigenvalue weighted by atomic mass is 19.4. The number of ether oxygens (including phenoxy) is 3. The predicted octanol–water partition coefficient (Wildman–Crippen LogP) is 5.51. The molecule has 0 N–H and O–H groups in total. The highest BCUT2D eigenvalue weighted by molar-refractivity contribution is 5.00. The standard InChI is InChI=1S/C9F18O3/c10-1(4(13,14)15)7(22,23)29-3(12,6(19,20)21)9(26,27)30-2(11,5(16,17)18)8(24,25)28-1/t1-,2-,3-/m1/s1. The molecule has 21 heteroatoms. The molecule has 1 rings (SSSR count). The average Bonchev–Trinajstić information content (AvgIpc) is 2.41. The van der Waals surface area contributed by atoms with Gasteiger partial charge in [-0.1, -0.05) is 0 Å². The first-order chi connectivity index (χ1) is 12.6. The van der Waals surface area contributed by atoms with Crippen molar-refractivity contribution in [3.8, 4) is 0 Å². The summed E-state index contributed by atoms with van der Waals surface area (Å²) in [6.45, 7) is 0. The molecule has 1 fully saturated rings. The Morgan fingerprint density at radius 3 is 0.567 bits per heavy atom. The smallest absolute Gasteiger partial charge is 0.263 e. The van der Waals surface area contributed by atoms with E-state index in [9.17, 15) is 79.0 Å². The van der Waals surface area contributed by atoms with Gasteiger partial charge in [0.25, 0.3) is 0 Å². The molecule has 0 aliphatic carbocycles. The Labute approximate surface area is 149 Å². The SMILES string of the molecule is FC(F)(F)[C@@]1(F)OC(F)(F)[C@@](F)(C(F)(F)F)OC(F)(F)[C@@](F)(C(F)(F)F)OC1(F)F. The van der Waals surface area contributed by atoms with Crippen LogP contribution >= 0.6 is 0 Å². The van der Waals surface area contributed by atoms with Crippen LogP contribution in [0.15, 0.2) is 0 Å². The molecule has 1 aliphatic heterocycles. The largest absolute Gasteiger partial charge is 0.458 e. The maximum absolute atomic E-state index is 13.6. The fourth-order valence-electron chi connectivity index (χ4n) is 1.57. The first kappa shape index (κ1) is 26.7. The van der Waals surface area contributed by atoms with Crippen LogP contribution in [0.4, 0.5) is 79.0 Å². The molecular formula is C9F18O3. The number of halogens is 18. The molecule has 0 radical (unpaired) electrons. The van der Waals surface area contributed by atoms with Crippen LogP contribution in [0.25, 0.3) is 0 Å². The van der Waals surface area contributed by atoms with E-state index in [0.717, 1.165) is 0 Å². The molecule has 0 aromatic heterocycles. The van der Waals surface area contributed by atoms with E-state index in [2.05, 4.69) is 0 Å². The minimum atomic E-state index is -7.97. The Balaban J connectivity index is 4.11. The summed E-state index contributed by atoms with van der Waals surface area (Å²) in [5, 5.41) is 0. The van der Waals surface area contributed by atoms with Crippen LogP contribution in [-0.4, -0.2) is 54.4 Å². The second-order valence-electron chi connectivity index (χ2n) is 5.14. The zero-order valence-corrected chi connectivity index (χ0v) is 12.5. The lowest BCUT2D eigenvalue weighted by Gasteiger charge is -2.38. The van der Waals surface area contributed by atoms with Crippen LogP contribution in [0.1, 0.15) is 0 Å². The molecule has 3 nitrogen and oxygen atoms in total. The molecule has 0 saturated carbocycles. The van der Waals surface area contributed by atoms with Crippen molar-refractivity contribution in [1.82, 2.24) is 0 Å².